The summed E-state index contributed by atoms with van der Waals surface area (Å²) in [4.78, 5) is 30.9. The van der Waals surface area contributed by atoms with Crippen LogP contribution in [0.2, 0.25) is 0 Å². The van der Waals surface area contributed by atoms with Crippen LogP contribution in [0.15, 0.2) is 24.5 Å². The maximum Gasteiger partial charge on any atom is 0.273 e. The summed E-state index contributed by atoms with van der Waals surface area (Å²) in [6.07, 6.45) is 6.82. The van der Waals surface area contributed by atoms with Crippen LogP contribution < -0.4 is 20.7 Å². The van der Waals surface area contributed by atoms with Crippen LogP contribution in [0.5, 0.6) is 5.75 Å². The zero-order chi connectivity index (χ0) is 25.4. The minimum Gasteiger partial charge on any atom is -0.492 e. The molecule has 5 rings (SSSR count). The Bertz CT molecular complexity index is 1320. The number of nitrogens with one attached hydrogen (secondary N) is 3. The number of nitrogens with zero attached hydrogens (tertiary/aromatic N) is 6. The van der Waals surface area contributed by atoms with Gasteiger partial charge in [0.15, 0.2) is 23.1 Å². The number of hydrogen-bond donors (Lipinski definition) is 3. The number of carbonyl (C=O) groups is 2. The van der Waals surface area contributed by atoms with Crippen molar-refractivity contribution in [1.82, 2.24) is 35.5 Å². The predicted molar refractivity (Wildman–Crippen MR) is 118 cm³/mol. The van der Waals surface area contributed by atoms with Gasteiger partial charge in [-0.2, -0.15) is 15.0 Å². The molecule has 0 bridgehead atoms. The van der Waals surface area contributed by atoms with Crippen molar-refractivity contribution in [1.29, 1.82) is 0 Å². The number of aromatic nitrogens is 6. The van der Waals surface area contributed by atoms with Gasteiger partial charge in [0, 0.05) is 29.3 Å². The van der Waals surface area contributed by atoms with E-state index < -0.39 is 12.9 Å². The third-order valence-corrected chi connectivity index (χ3v) is 5.34. The van der Waals surface area contributed by atoms with Crippen molar-refractivity contribution in [2.24, 2.45) is 5.92 Å². The number of rotatable bonds is 8. The molecule has 0 unspecified atom stereocenters. The van der Waals surface area contributed by atoms with E-state index >= 15 is 0 Å². The van der Waals surface area contributed by atoms with Crippen molar-refractivity contribution >= 4 is 29.1 Å². The van der Waals surface area contributed by atoms with E-state index in [1.807, 2.05) is 5.32 Å². The Morgan fingerprint density at radius 3 is 2.82 bits per heavy atom. The van der Waals surface area contributed by atoms with Gasteiger partial charge in [0.2, 0.25) is 5.91 Å². The molecule has 0 atom stereocenters. The second-order valence-electron chi connectivity index (χ2n) is 7.86. The SMILES string of the molecule is [2H]C([2H])([2H])NC(=O)c1nnc(NC(=O)C2CC2)cc1Nc1nccc(-c2cnn(C3CC3)n2)c1OC. The Hall–Kier alpha value is -4.09. The zero-order valence-electron chi connectivity index (χ0n) is 20.7. The Morgan fingerprint density at radius 1 is 1.24 bits per heavy atom. The molecule has 3 N–H and O–H groups in total. The highest BCUT2D eigenvalue weighted by atomic mass is 16.5. The van der Waals surface area contributed by atoms with E-state index in [0.29, 0.717) is 23.0 Å². The average Bonchev–Trinajstić information content (AvgIpc) is 3.76. The number of pyridine rings is 1. The smallest absolute Gasteiger partial charge is 0.273 e. The summed E-state index contributed by atoms with van der Waals surface area (Å²) in [6, 6.07) is 3.41. The fourth-order valence-corrected chi connectivity index (χ4v) is 3.30. The third-order valence-electron chi connectivity index (χ3n) is 5.34. The Balaban J connectivity index is 1.49. The molecule has 12 nitrogen and oxygen atoms in total. The lowest BCUT2D eigenvalue weighted by Gasteiger charge is -2.15. The molecule has 12 heteroatoms. The number of hydrogen-bond acceptors (Lipinski definition) is 9. The molecule has 2 aliphatic rings. The van der Waals surface area contributed by atoms with E-state index in [1.165, 1.54) is 19.4 Å². The molecular weight excluding hydrogens is 426 g/mol. The summed E-state index contributed by atoms with van der Waals surface area (Å²) in [7, 11) is 1.46. The highest BCUT2D eigenvalue weighted by Crippen LogP contribution is 2.38. The van der Waals surface area contributed by atoms with Gasteiger partial charge in [0.05, 0.1) is 30.6 Å². The van der Waals surface area contributed by atoms with Crippen LogP contribution in [0.25, 0.3) is 11.3 Å². The highest BCUT2D eigenvalue weighted by Gasteiger charge is 2.30. The van der Waals surface area contributed by atoms with Crippen LogP contribution in [0.4, 0.5) is 17.3 Å². The molecule has 0 aliphatic heterocycles. The van der Waals surface area contributed by atoms with Crippen LogP contribution in [-0.2, 0) is 4.79 Å². The summed E-state index contributed by atoms with van der Waals surface area (Å²) in [5.74, 6) is -0.625. The Kier molecular flexibility index (Phi) is 4.47. The van der Waals surface area contributed by atoms with Crippen molar-refractivity contribution in [3.8, 4) is 17.0 Å². The molecular formula is C21H23N9O3. The van der Waals surface area contributed by atoms with Gasteiger partial charge < -0.3 is 20.7 Å². The van der Waals surface area contributed by atoms with Crippen LogP contribution >= 0.6 is 0 Å². The number of amides is 2. The van der Waals surface area contributed by atoms with Crippen LogP contribution in [0.3, 0.4) is 0 Å². The van der Waals surface area contributed by atoms with Gasteiger partial charge in [-0.25, -0.2) is 4.98 Å². The van der Waals surface area contributed by atoms with E-state index in [9.17, 15) is 9.59 Å². The van der Waals surface area contributed by atoms with Gasteiger partial charge in [0.25, 0.3) is 5.91 Å². The van der Waals surface area contributed by atoms with Gasteiger partial charge >= 0.3 is 0 Å². The summed E-state index contributed by atoms with van der Waals surface area (Å²) in [5, 5.41) is 24.1. The largest absolute Gasteiger partial charge is 0.492 e. The van der Waals surface area contributed by atoms with Gasteiger partial charge in [-0.05, 0) is 31.7 Å². The first-order valence-corrected chi connectivity index (χ1v) is 10.4. The van der Waals surface area contributed by atoms with E-state index in [2.05, 4.69) is 36.0 Å². The molecule has 0 aromatic carbocycles. The first kappa shape index (κ1) is 17.5. The van der Waals surface area contributed by atoms with Crippen molar-refractivity contribution in [2.75, 3.05) is 24.7 Å². The second-order valence-corrected chi connectivity index (χ2v) is 7.86. The maximum absolute atomic E-state index is 12.7. The van der Waals surface area contributed by atoms with Gasteiger partial charge in [0.1, 0.15) is 5.69 Å². The van der Waals surface area contributed by atoms with Gasteiger partial charge in [-0.3, -0.25) is 9.59 Å². The van der Waals surface area contributed by atoms with Crippen molar-refractivity contribution in [2.45, 2.75) is 31.7 Å². The minimum absolute atomic E-state index is 0.0717. The minimum atomic E-state index is -2.74. The summed E-state index contributed by atoms with van der Waals surface area (Å²) in [5.41, 5.74) is 0.960. The molecule has 0 radical (unpaired) electrons. The lowest BCUT2D eigenvalue weighted by Crippen LogP contribution is -2.22. The van der Waals surface area contributed by atoms with Crippen LogP contribution in [0.1, 0.15) is 46.3 Å². The van der Waals surface area contributed by atoms with Crippen molar-refractivity contribution in [3.63, 3.8) is 0 Å². The van der Waals surface area contributed by atoms with Gasteiger partial charge in [-0.1, -0.05) is 0 Å². The highest BCUT2D eigenvalue weighted by molar-refractivity contribution is 5.99. The van der Waals surface area contributed by atoms with Crippen molar-refractivity contribution < 1.29 is 18.4 Å². The van der Waals surface area contributed by atoms with E-state index in [-0.39, 0.29) is 34.8 Å². The molecule has 2 fully saturated rings. The Labute approximate surface area is 193 Å². The topological polar surface area (TPSA) is 149 Å². The summed E-state index contributed by atoms with van der Waals surface area (Å²) in [6.45, 7) is -2.74. The van der Waals surface area contributed by atoms with Crippen LogP contribution in [0, 0.1) is 5.92 Å². The normalized spacial score (nSPS) is 16.8. The number of anilines is 3. The summed E-state index contributed by atoms with van der Waals surface area (Å²) >= 11 is 0. The molecule has 3 heterocycles. The quantitative estimate of drug-likeness (QED) is 0.466. The molecule has 33 heavy (non-hydrogen) atoms. The fraction of sp³-hybridized carbons (Fsp3) is 0.381. The Morgan fingerprint density at radius 2 is 2.09 bits per heavy atom. The van der Waals surface area contributed by atoms with E-state index in [0.717, 1.165) is 25.7 Å². The molecule has 0 spiro atoms. The number of methoxy groups -OCH3 is 1. The number of ether oxygens (including phenoxy) is 1. The zero-order valence-corrected chi connectivity index (χ0v) is 17.7. The molecule has 170 valence electrons. The lowest BCUT2D eigenvalue weighted by atomic mass is 10.2. The average molecular weight is 452 g/mol. The maximum atomic E-state index is 12.7. The fourth-order valence-electron chi connectivity index (χ4n) is 3.30. The number of carbonyl (C=O) groups excluding carboxylic acids is 2. The molecule has 2 saturated carbocycles. The predicted octanol–water partition coefficient (Wildman–Crippen LogP) is 1.93. The summed E-state index contributed by atoms with van der Waals surface area (Å²) < 4.78 is 27.6. The van der Waals surface area contributed by atoms with Crippen LogP contribution in [-0.4, -0.2) is 56.1 Å². The third kappa shape index (κ3) is 4.31. The van der Waals surface area contributed by atoms with Crippen molar-refractivity contribution in [3.05, 3.63) is 30.2 Å². The first-order chi connectivity index (χ1) is 17.2. The molecule has 2 amide bonds. The van der Waals surface area contributed by atoms with Gasteiger partial charge in [-0.15, -0.1) is 10.2 Å². The molecule has 3 aromatic heterocycles. The monoisotopic (exact) mass is 452 g/mol. The molecule has 3 aromatic rings. The lowest BCUT2D eigenvalue weighted by molar-refractivity contribution is -0.117. The first-order valence-electron chi connectivity index (χ1n) is 11.9. The van der Waals surface area contributed by atoms with E-state index in [1.54, 1.807) is 17.1 Å². The second kappa shape index (κ2) is 8.45. The standard InChI is InChI=1S/C21H23N9O3/c1-22-21(32)17-14(9-16(27-28-17)26-20(31)11-3-4-11)25-19-18(33-2)13(7-8-23-19)15-10-24-30(29-15)12-5-6-12/h7-12H,3-6H2,1-2H3,(H,22,32)(H2,23,25,26,27,31)/i1D3. The molecule has 2 aliphatic carbocycles. The molecule has 0 saturated heterocycles. The van der Waals surface area contributed by atoms with E-state index in [4.69, 9.17) is 8.85 Å².